The molecule has 9 heteroatoms. The second kappa shape index (κ2) is 9.86. The number of methoxy groups -OCH3 is 1. The Hall–Kier alpha value is -4.01. The van der Waals surface area contributed by atoms with Gasteiger partial charge < -0.3 is 29.3 Å². The Morgan fingerprint density at radius 1 is 1.06 bits per heavy atom. The van der Waals surface area contributed by atoms with Crippen LogP contribution in [0.25, 0.3) is 11.0 Å². The van der Waals surface area contributed by atoms with Gasteiger partial charge in [-0.05, 0) is 56.2 Å². The lowest BCUT2D eigenvalue weighted by Gasteiger charge is -2.30. The van der Waals surface area contributed by atoms with E-state index in [9.17, 15) is 14.4 Å². The van der Waals surface area contributed by atoms with Gasteiger partial charge in [0.05, 0.1) is 12.5 Å². The highest BCUT2D eigenvalue weighted by atomic mass is 16.5. The number of carbonyl (C=O) groups is 2. The van der Waals surface area contributed by atoms with Crippen LogP contribution in [-0.4, -0.2) is 43.5 Å². The number of nitrogens with zero attached hydrogens (tertiary/aromatic N) is 1. The summed E-state index contributed by atoms with van der Waals surface area (Å²) in [6.07, 6.45) is 1.12. The lowest BCUT2D eigenvalue weighted by molar-refractivity contribution is -0.136. The fourth-order valence-electron chi connectivity index (χ4n) is 3.89. The second-order valence-electron chi connectivity index (χ2n) is 8.10. The lowest BCUT2D eigenvalue weighted by atomic mass is 9.96. The molecule has 0 atom stereocenters. The van der Waals surface area contributed by atoms with Crippen molar-refractivity contribution < 1.29 is 28.2 Å². The van der Waals surface area contributed by atoms with Crippen LogP contribution in [0.3, 0.4) is 0 Å². The molecule has 2 aromatic carbocycles. The third-order valence-corrected chi connectivity index (χ3v) is 5.88. The number of rotatable bonds is 7. The van der Waals surface area contributed by atoms with Crippen molar-refractivity contribution in [3.05, 3.63) is 58.4 Å². The number of primary amides is 1. The Balaban J connectivity index is 1.44. The van der Waals surface area contributed by atoms with Gasteiger partial charge in [-0.3, -0.25) is 14.4 Å². The van der Waals surface area contributed by atoms with Crippen molar-refractivity contribution >= 4 is 22.8 Å². The van der Waals surface area contributed by atoms with Gasteiger partial charge in [0.1, 0.15) is 28.6 Å². The predicted molar refractivity (Wildman–Crippen MR) is 124 cm³/mol. The van der Waals surface area contributed by atoms with Crippen LogP contribution in [0.2, 0.25) is 0 Å². The van der Waals surface area contributed by atoms with Crippen molar-refractivity contribution in [1.82, 2.24) is 4.90 Å². The molecule has 1 aliphatic heterocycles. The summed E-state index contributed by atoms with van der Waals surface area (Å²) in [5.41, 5.74) is 5.36. The molecule has 2 N–H and O–H groups in total. The minimum absolute atomic E-state index is 0.0980. The van der Waals surface area contributed by atoms with E-state index in [1.165, 1.54) is 0 Å². The number of piperidine rings is 1. The van der Waals surface area contributed by atoms with E-state index in [1.807, 2.05) is 0 Å². The van der Waals surface area contributed by atoms with Gasteiger partial charge in [-0.15, -0.1) is 0 Å². The largest absolute Gasteiger partial charge is 0.497 e. The Morgan fingerprint density at radius 3 is 2.35 bits per heavy atom. The first-order valence-corrected chi connectivity index (χ1v) is 10.9. The number of ether oxygens (including phenoxy) is 3. The molecule has 1 aromatic heterocycles. The summed E-state index contributed by atoms with van der Waals surface area (Å²) >= 11 is 0. The molecule has 0 unspecified atom stereocenters. The minimum atomic E-state index is -0.325. The maximum absolute atomic E-state index is 13.0. The van der Waals surface area contributed by atoms with Gasteiger partial charge in [-0.2, -0.15) is 0 Å². The summed E-state index contributed by atoms with van der Waals surface area (Å²) in [4.78, 5) is 38.4. The molecule has 34 heavy (non-hydrogen) atoms. The van der Waals surface area contributed by atoms with Gasteiger partial charge in [0.2, 0.25) is 17.1 Å². The molecule has 1 saturated heterocycles. The van der Waals surface area contributed by atoms with E-state index < -0.39 is 0 Å². The summed E-state index contributed by atoms with van der Waals surface area (Å²) in [6, 6.07) is 11.6. The molecule has 0 spiro atoms. The maximum atomic E-state index is 13.0. The van der Waals surface area contributed by atoms with E-state index in [-0.39, 0.29) is 35.5 Å². The highest BCUT2D eigenvalue weighted by Gasteiger charge is 2.26. The third-order valence-electron chi connectivity index (χ3n) is 5.88. The Kier molecular flexibility index (Phi) is 6.72. The highest BCUT2D eigenvalue weighted by Crippen LogP contribution is 2.28. The molecule has 0 bridgehead atoms. The summed E-state index contributed by atoms with van der Waals surface area (Å²) in [5.74, 6) is 1.29. The minimum Gasteiger partial charge on any atom is -0.497 e. The normalized spacial score (nSPS) is 14.1. The predicted octanol–water partition coefficient (Wildman–Crippen LogP) is 3.01. The average molecular weight is 466 g/mol. The first-order valence-electron chi connectivity index (χ1n) is 10.9. The lowest BCUT2D eigenvalue weighted by Crippen LogP contribution is -2.43. The smallest absolute Gasteiger partial charge is 0.260 e. The summed E-state index contributed by atoms with van der Waals surface area (Å²) in [5, 5.41) is 0.335. The zero-order valence-electron chi connectivity index (χ0n) is 19.0. The third kappa shape index (κ3) is 4.98. The summed E-state index contributed by atoms with van der Waals surface area (Å²) in [6.45, 7) is 2.43. The summed E-state index contributed by atoms with van der Waals surface area (Å²) < 4.78 is 22.4. The SMILES string of the molecule is COc1ccc(Oc2c(C)oc3cc(OCC(=O)N4CCC(C(N)=O)CC4)ccc3c2=O)cc1. The molecule has 4 rings (SSSR count). The molecule has 0 aliphatic carbocycles. The van der Waals surface area contributed by atoms with Crippen LogP contribution in [0.4, 0.5) is 0 Å². The fraction of sp³-hybridized carbons (Fsp3) is 0.320. The van der Waals surface area contributed by atoms with E-state index in [1.54, 1.807) is 61.4 Å². The van der Waals surface area contributed by atoms with Crippen LogP contribution in [0, 0.1) is 12.8 Å². The average Bonchev–Trinajstić information content (AvgIpc) is 2.85. The van der Waals surface area contributed by atoms with Crippen LogP contribution in [0.15, 0.2) is 51.7 Å². The van der Waals surface area contributed by atoms with Crippen molar-refractivity contribution in [3.8, 4) is 23.0 Å². The van der Waals surface area contributed by atoms with Gasteiger partial charge in [-0.25, -0.2) is 0 Å². The van der Waals surface area contributed by atoms with Crippen molar-refractivity contribution in [1.29, 1.82) is 0 Å². The molecule has 0 radical (unpaired) electrons. The molecule has 2 heterocycles. The zero-order valence-corrected chi connectivity index (χ0v) is 19.0. The van der Waals surface area contributed by atoms with Gasteiger partial charge in [0.25, 0.3) is 5.91 Å². The number of benzene rings is 2. The van der Waals surface area contributed by atoms with Crippen molar-refractivity contribution in [2.45, 2.75) is 19.8 Å². The number of hydrogen-bond donors (Lipinski definition) is 1. The molecule has 9 nitrogen and oxygen atoms in total. The van der Waals surface area contributed by atoms with Gasteiger partial charge >= 0.3 is 0 Å². The Labute approximate surface area is 196 Å². The van der Waals surface area contributed by atoms with Crippen LogP contribution >= 0.6 is 0 Å². The molecule has 1 aliphatic rings. The molecular weight excluding hydrogens is 440 g/mol. The first kappa shape index (κ1) is 23.2. The topological polar surface area (TPSA) is 121 Å². The van der Waals surface area contributed by atoms with E-state index in [0.29, 0.717) is 59.9 Å². The Bertz CT molecular complexity index is 1260. The van der Waals surface area contributed by atoms with E-state index in [0.717, 1.165) is 0 Å². The number of fused-ring (bicyclic) bond motifs is 1. The molecule has 1 fully saturated rings. The van der Waals surface area contributed by atoms with Gasteiger partial charge in [0.15, 0.2) is 6.61 Å². The van der Waals surface area contributed by atoms with Crippen molar-refractivity contribution in [3.63, 3.8) is 0 Å². The quantitative estimate of drug-likeness (QED) is 0.568. The number of amides is 2. The zero-order chi connectivity index (χ0) is 24.2. The molecule has 0 saturated carbocycles. The monoisotopic (exact) mass is 466 g/mol. The van der Waals surface area contributed by atoms with Crippen LogP contribution < -0.4 is 25.4 Å². The van der Waals surface area contributed by atoms with Crippen molar-refractivity contribution in [2.75, 3.05) is 26.8 Å². The molecule has 178 valence electrons. The first-order chi connectivity index (χ1) is 16.4. The summed E-state index contributed by atoms with van der Waals surface area (Å²) in [7, 11) is 1.57. The van der Waals surface area contributed by atoms with E-state index in [2.05, 4.69) is 0 Å². The van der Waals surface area contributed by atoms with E-state index >= 15 is 0 Å². The number of aryl methyl sites for hydroxylation is 1. The number of hydrogen-bond acceptors (Lipinski definition) is 7. The van der Waals surface area contributed by atoms with E-state index in [4.69, 9.17) is 24.4 Å². The van der Waals surface area contributed by atoms with Crippen LogP contribution in [0.1, 0.15) is 18.6 Å². The van der Waals surface area contributed by atoms with Gasteiger partial charge in [0, 0.05) is 25.1 Å². The highest BCUT2D eigenvalue weighted by molar-refractivity contribution is 5.81. The number of carbonyl (C=O) groups excluding carboxylic acids is 2. The van der Waals surface area contributed by atoms with Crippen LogP contribution in [-0.2, 0) is 9.59 Å². The number of likely N-dealkylation sites (tertiary alicyclic amines) is 1. The van der Waals surface area contributed by atoms with Crippen LogP contribution in [0.5, 0.6) is 23.0 Å². The van der Waals surface area contributed by atoms with Crippen molar-refractivity contribution in [2.24, 2.45) is 11.7 Å². The molecule has 2 amide bonds. The maximum Gasteiger partial charge on any atom is 0.260 e. The van der Waals surface area contributed by atoms with Gasteiger partial charge in [-0.1, -0.05) is 0 Å². The standard InChI is InChI=1S/C25H26N2O7/c1-15-24(34-18-5-3-17(31-2)4-6-18)23(29)20-8-7-19(13-21(20)33-15)32-14-22(28)27-11-9-16(10-12-27)25(26)30/h3-8,13,16H,9-12,14H2,1-2H3,(H2,26,30). The second-order valence-corrected chi connectivity index (χ2v) is 8.10. The molecule has 3 aromatic rings. The number of nitrogens with two attached hydrogens (primary N) is 1. The Morgan fingerprint density at radius 2 is 1.71 bits per heavy atom. The molecular formula is C25H26N2O7. The fourth-order valence-corrected chi connectivity index (χ4v) is 3.89.